The molecule has 3 aromatic carbocycles. The summed E-state index contributed by atoms with van der Waals surface area (Å²) in [5.74, 6) is 0.661. The van der Waals surface area contributed by atoms with Crippen LogP contribution < -0.4 is 20.1 Å². The lowest BCUT2D eigenvalue weighted by Crippen LogP contribution is -2.34. The lowest BCUT2D eigenvalue weighted by Gasteiger charge is -2.23. The minimum absolute atomic E-state index is 0.231. The number of nitrogens with zero attached hydrogens (tertiary/aromatic N) is 1. The minimum atomic E-state index is -0.562. The Morgan fingerprint density at radius 3 is 2.67 bits per heavy atom. The molecule has 1 unspecified atom stereocenters. The summed E-state index contributed by atoms with van der Waals surface area (Å²) in [5, 5.41) is 6.40. The van der Waals surface area contributed by atoms with Gasteiger partial charge in [0.25, 0.3) is 11.8 Å². The Kier molecular flexibility index (Phi) is 5.14. The van der Waals surface area contributed by atoms with Crippen LogP contribution in [-0.2, 0) is 4.79 Å². The highest BCUT2D eigenvalue weighted by atomic mass is 16.5. The van der Waals surface area contributed by atoms with Crippen LogP contribution in [0.2, 0.25) is 0 Å². The number of fused-ring (bicyclic) bond motifs is 2. The molecule has 1 aromatic heterocycles. The van der Waals surface area contributed by atoms with Crippen LogP contribution in [0.5, 0.6) is 11.5 Å². The van der Waals surface area contributed by atoms with Crippen molar-refractivity contribution in [2.75, 3.05) is 17.7 Å². The van der Waals surface area contributed by atoms with E-state index in [2.05, 4.69) is 10.6 Å². The SMILES string of the molecule is COc1ccc2nc(-c3ccccc3)cc(C(=O)Nc3ccc4c(c3)NC(=O)C(C)O4)c2c1. The molecule has 5 rings (SSSR count). The first kappa shape index (κ1) is 20.5. The van der Waals surface area contributed by atoms with Crippen molar-refractivity contribution in [3.63, 3.8) is 0 Å². The molecule has 7 nitrogen and oxygen atoms in total. The summed E-state index contributed by atoms with van der Waals surface area (Å²) >= 11 is 0. The van der Waals surface area contributed by atoms with E-state index in [4.69, 9.17) is 14.5 Å². The Morgan fingerprint density at radius 1 is 1.06 bits per heavy atom. The number of amides is 2. The van der Waals surface area contributed by atoms with Gasteiger partial charge in [-0.25, -0.2) is 4.98 Å². The van der Waals surface area contributed by atoms with Crippen LogP contribution in [0, 0.1) is 0 Å². The van der Waals surface area contributed by atoms with Gasteiger partial charge in [0, 0.05) is 16.6 Å². The zero-order chi connectivity index (χ0) is 22.9. The molecule has 0 saturated heterocycles. The number of carbonyl (C=O) groups excluding carboxylic acids is 2. The quantitative estimate of drug-likeness (QED) is 0.473. The van der Waals surface area contributed by atoms with Crippen LogP contribution in [0.15, 0.2) is 72.8 Å². The van der Waals surface area contributed by atoms with Gasteiger partial charge in [0.2, 0.25) is 0 Å². The smallest absolute Gasteiger partial charge is 0.265 e. The number of aromatic nitrogens is 1. The third-order valence-electron chi connectivity index (χ3n) is 5.50. The van der Waals surface area contributed by atoms with E-state index in [0.717, 1.165) is 5.56 Å². The largest absolute Gasteiger partial charge is 0.497 e. The molecule has 1 atom stereocenters. The van der Waals surface area contributed by atoms with Gasteiger partial charge in [0.1, 0.15) is 11.5 Å². The van der Waals surface area contributed by atoms with E-state index in [0.29, 0.717) is 45.0 Å². The maximum Gasteiger partial charge on any atom is 0.265 e. The van der Waals surface area contributed by atoms with Crippen LogP contribution >= 0.6 is 0 Å². The molecule has 4 aromatic rings. The predicted octanol–water partition coefficient (Wildman–Crippen LogP) is 4.88. The maximum absolute atomic E-state index is 13.4. The Hall–Kier alpha value is -4.39. The molecule has 0 fully saturated rings. The van der Waals surface area contributed by atoms with E-state index in [1.165, 1.54) is 0 Å². The molecule has 0 spiro atoms. The molecule has 1 aliphatic rings. The van der Waals surface area contributed by atoms with Gasteiger partial charge >= 0.3 is 0 Å². The fraction of sp³-hybridized carbons (Fsp3) is 0.115. The summed E-state index contributed by atoms with van der Waals surface area (Å²) in [5.41, 5.74) is 3.80. The standard InChI is InChI=1S/C26H21N3O4/c1-15-25(30)29-23-12-17(8-11-24(23)33-15)27-26(31)20-14-22(16-6-4-3-5-7-16)28-21-10-9-18(32-2)13-19(20)21/h3-15H,1-2H3,(H,27,31)(H,29,30). The van der Waals surface area contributed by atoms with Gasteiger partial charge < -0.3 is 20.1 Å². The van der Waals surface area contributed by atoms with Crippen molar-refractivity contribution in [1.29, 1.82) is 0 Å². The van der Waals surface area contributed by atoms with Crippen molar-refractivity contribution in [2.24, 2.45) is 0 Å². The fourth-order valence-electron chi connectivity index (χ4n) is 3.76. The molecular weight excluding hydrogens is 418 g/mol. The second-order valence-corrected chi connectivity index (χ2v) is 7.72. The summed E-state index contributed by atoms with van der Waals surface area (Å²) in [4.78, 5) is 30.1. The van der Waals surface area contributed by atoms with E-state index in [1.54, 1.807) is 44.4 Å². The third kappa shape index (κ3) is 3.96. The first-order chi connectivity index (χ1) is 16.0. The van der Waals surface area contributed by atoms with E-state index in [-0.39, 0.29) is 11.8 Å². The minimum Gasteiger partial charge on any atom is -0.497 e. The second-order valence-electron chi connectivity index (χ2n) is 7.72. The van der Waals surface area contributed by atoms with Gasteiger partial charge in [-0.15, -0.1) is 0 Å². The first-order valence-electron chi connectivity index (χ1n) is 10.5. The van der Waals surface area contributed by atoms with Crippen molar-refractivity contribution in [1.82, 2.24) is 4.98 Å². The molecular formula is C26H21N3O4. The summed E-state index contributed by atoms with van der Waals surface area (Å²) in [6, 6.07) is 22.1. The number of hydrogen-bond acceptors (Lipinski definition) is 5. The molecule has 33 heavy (non-hydrogen) atoms. The summed E-state index contributed by atoms with van der Waals surface area (Å²) in [7, 11) is 1.58. The van der Waals surface area contributed by atoms with Crippen LogP contribution in [0.3, 0.4) is 0 Å². The van der Waals surface area contributed by atoms with Crippen molar-refractivity contribution in [3.8, 4) is 22.8 Å². The third-order valence-corrected chi connectivity index (χ3v) is 5.50. The second kappa shape index (κ2) is 8.27. The number of carbonyl (C=O) groups is 2. The summed E-state index contributed by atoms with van der Waals surface area (Å²) in [6.45, 7) is 1.68. The van der Waals surface area contributed by atoms with Gasteiger partial charge in [-0.2, -0.15) is 0 Å². The average Bonchev–Trinajstić information content (AvgIpc) is 2.84. The van der Waals surface area contributed by atoms with E-state index < -0.39 is 6.10 Å². The molecule has 0 radical (unpaired) electrons. The molecule has 2 N–H and O–H groups in total. The zero-order valence-corrected chi connectivity index (χ0v) is 18.1. The van der Waals surface area contributed by atoms with Crippen LogP contribution in [0.4, 0.5) is 11.4 Å². The number of hydrogen-bond donors (Lipinski definition) is 2. The zero-order valence-electron chi connectivity index (χ0n) is 18.1. The van der Waals surface area contributed by atoms with Crippen LogP contribution in [0.25, 0.3) is 22.2 Å². The van der Waals surface area contributed by atoms with Crippen LogP contribution in [-0.4, -0.2) is 30.0 Å². The van der Waals surface area contributed by atoms with Crippen molar-refractivity contribution in [3.05, 3.63) is 78.4 Å². The number of benzene rings is 3. The topological polar surface area (TPSA) is 89.5 Å². The number of pyridine rings is 1. The Bertz CT molecular complexity index is 1390. The lowest BCUT2D eigenvalue weighted by molar-refractivity contribution is -0.122. The normalized spacial score (nSPS) is 14.7. The highest BCUT2D eigenvalue weighted by Gasteiger charge is 2.24. The van der Waals surface area contributed by atoms with E-state index in [1.807, 2.05) is 42.5 Å². The van der Waals surface area contributed by atoms with Gasteiger partial charge in [0.05, 0.1) is 29.6 Å². The molecule has 1 aliphatic heterocycles. The van der Waals surface area contributed by atoms with Crippen LogP contribution in [0.1, 0.15) is 17.3 Å². The van der Waals surface area contributed by atoms with Gasteiger partial charge in [-0.1, -0.05) is 30.3 Å². The molecule has 2 heterocycles. The predicted molar refractivity (Wildman–Crippen MR) is 127 cm³/mol. The van der Waals surface area contributed by atoms with Crippen molar-refractivity contribution in [2.45, 2.75) is 13.0 Å². The summed E-state index contributed by atoms with van der Waals surface area (Å²) in [6.07, 6.45) is -0.562. The number of methoxy groups -OCH3 is 1. The Balaban J connectivity index is 1.55. The molecule has 0 saturated carbocycles. The molecule has 2 amide bonds. The van der Waals surface area contributed by atoms with Crippen molar-refractivity contribution < 1.29 is 19.1 Å². The number of nitrogens with one attached hydrogen (secondary N) is 2. The number of rotatable bonds is 4. The van der Waals surface area contributed by atoms with Gasteiger partial charge in [-0.3, -0.25) is 9.59 Å². The molecule has 0 aliphatic carbocycles. The fourth-order valence-corrected chi connectivity index (χ4v) is 3.76. The van der Waals surface area contributed by atoms with Crippen molar-refractivity contribution >= 4 is 34.1 Å². The molecule has 164 valence electrons. The Morgan fingerprint density at radius 2 is 1.88 bits per heavy atom. The number of ether oxygens (including phenoxy) is 2. The summed E-state index contributed by atoms with van der Waals surface area (Å²) < 4.78 is 10.9. The average molecular weight is 439 g/mol. The van der Waals surface area contributed by atoms with Gasteiger partial charge in [0.15, 0.2) is 6.10 Å². The first-order valence-corrected chi connectivity index (χ1v) is 10.5. The van der Waals surface area contributed by atoms with E-state index >= 15 is 0 Å². The maximum atomic E-state index is 13.4. The molecule has 7 heteroatoms. The van der Waals surface area contributed by atoms with E-state index in [9.17, 15) is 9.59 Å². The molecule has 0 bridgehead atoms. The Labute approximate surface area is 190 Å². The highest BCUT2D eigenvalue weighted by Crippen LogP contribution is 2.33. The number of anilines is 2. The monoisotopic (exact) mass is 439 g/mol. The highest BCUT2D eigenvalue weighted by molar-refractivity contribution is 6.13. The van der Waals surface area contributed by atoms with Gasteiger partial charge in [-0.05, 0) is 49.4 Å². The lowest BCUT2D eigenvalue weighted by atomic mass is 10.0.